The molecule has 1 amide bonds. The number of fused-ring (bicyclic) bond motifs is 1. The number of amidine groups is 1. The molecule has 0 aromatic carbocycles. The van der Waals surface area contributed by atoms with Crippen molar-refractivity contribution in [3.8, 4) is 0 Å². The second kappa shape index (κ2) is 5.83. The topological polar surface area (TPSA) is 91.0 Å². The molecule has 1 aliphatic carbocycles. The number of nitrogens with two attached hydrogens (primary N) is 1. The van der Waals surface area contributed by atoms with Crippen LogP contribution in [0.3, 0.4) is 0 Å². The molecule has 0 bridgehead atoms. The molecule has 4 N–H and O–H groups in total. The minimum atomic E-state index is -0.776. The molecule has 3 aliphatic rings. The molecule has 2 heterocycles. The van der Waals surface area contributed by atoms with E-state index in [9.17, 15) is 4.79 Å². The van der Waals surface area contributed by atoms with Gasteiger partial charge in [-0.25, -0.2) is 0 Å². The quantitative estimate of drug-likeness (QED) is 0.314. The van der Waals surface area contributed by atoms with Crippen LogP contribution in [0, 0.1) is 5.41 Å². The van der Waals surface area contributed by atoms with Crippen LogP contribution in [0.2, 0.25) is 0 Å². The van der Waals surface area contributed by atoms with E-state index in [4.69, 9.17) is 10.9 Å². The standard InChI is InChI=1S/C15H26N4O2/c16-13(18-21)15(6-1-2-7-15)14(20)17-11-5-9-19-8-3-4-12(19)10-11/h11-12,21H,1-10H2,(H2,16,18)(H,17,20). The molecule has 6 heteroatoms. The molecule has 21 heavy (non-hydrogen) atoms. The van der Waals surface area contributed by atoms with Crippen molar-refractivity contribution in [2.45, 2.75) is 63.5 Å². The predicted octanol–water partition coefficient (Wildman–Crippen LogP) is 1.04. The van der Waals surface area contributed by atoms with Crippen LogP contribution in [-0.2, 0) is 4.79 Å². The maximum atomic E-state index is 12.7. The van der Waals surface area contributed by atoms with Gasteiger partial charge in [0, 0.05) is 18.6 Å². The van der Waals surface area contributed by atoms with Crippen LogP contribution in [0.4, 0.5) is 0 Å². The van der Waals surface area contributed by atoms with Crippen LogP contribution in [0.1, 0.15) is 51.4 Å². The monoisotopic (exact) mass is 294 g/mol. The molecule has 118 valence electrons. The first-order chi connectivity index (χ1) is 10.2. The summed E-state index contributed by atoms with van der Waals surface area (Å²) in [5.41, 5.74) is 5.06. The highest BCUT2D eigenvalue weighted by Gasteiger charge is 2.46. The normalized spacial score (nSPS) is 32.9. The van der Waals surface area contributed by atoms with Crippen molar-refractivity contribution in [3.63, 3.8) is 0 Å². The third kappa shape index (κ3) is 2.61. The number of rotatable bonds is 3. The zero-order chi connectivity index (χ0) is 14.9. The molecule has 2 unspecified atom stereocenters. The van der Waals surface area contributed by atoms with Gasteiger partial charge in [-0.3, -0.25) is 4.79 Å². The van der Waals surface area contributed by atoms with Gasteiger partial charge in [-0.1, -0.05) is 18.0 Å². The van der Waals surface area contributed by atoms with Gasteiger partial charge in [0.25, 0.3) is 0 Å². The summed E-state index contributed by atoms with van der Waals surface area (Å²) in [6.07, 6.45) is 7.88. The fraction of sp³-hybridized carbons (Fsp3) is 0.867. The van der Waals surface area contributed by atoms with E-state index in [2.05, 4.69) is 15.4 Å². The summed E-state index contributed by atoms with van der Waals surface area (Å²) in [6.45, 7) is 2.28. The number of nitrogens with one attached hydrogen (secondary N) is 1. The Morgan fingerprint density at radius 2 is 2.00 bits per heavy atom. The van der Waals surface area contributed by atoms with E-state index in [1.165, 1.54) is 19.4 Å². The van der Waals surface area contributed by atoms with Crippen molar-refractivity contribution < 1.29 is 10.0 Å². The average molecular weight is 294 g/mol. The van der Waals surface area contributed by atoms with Gasteiger partial charge in [-0.05, 0) is 45.1 Å². The number of hydrogen-bond donors (Lipinski definition) is 3. The molecule has 6 nitrogen and oxygen atoms in total. The van der Waals surface area contributed by atoms with Crippen LogP contribution < -0.4 is 11.1 Å². The Bertz CT molecular complexity index is 431. The summed E-state index contributed by atoms with van der Waals surface area (Å²) in [5.74, 6) is 0.0440. The van der Waals surface area contributed by atoms with Gasteiger partial charge in [-0.2, -0.15) is 0 Å². The highest BCUT2D eigenvalue weighted by Crippen LogP contribution is 2.39. The van der Waals surface area contributed by atoms with Gasteiger partial charge in [-0.15, -0.1) is 0 Å². The van der Waals surface area contributed by atoms with Crippen LogP contribution in [-0.4, -0.2) is 47.0 Å². The van der Waals surface area contributed by atoms with E-state index in [0.717, 1.165) is 32.2 Å². The maximum Gasteiger partial charge on any atom is 0.234 e. The van der Waals surface area contributed by atoms with Crippen LogP contribution in [0.5, 0.6) is 0 Å². The lowest BCUT2D eigenvalue weighted by Crippen LogP contribution is -2.54. The van der Waals surface area contributed by atoms with E-state index in [0.29, 0.717) is 18.9 Å². The summed E-state index contributed by atoms with van der Waals surface area (Å²) in [6, 6.07) is 0.869. The van der Waals surface area contributed by atoms with E-state index in [-0.39, 0.29) is 17.8 Å². The fourth-order valence-electron chi connectivity index (χ4n) is 4.35. The molecular weight excluding hydrogens is 268 g/mol. The Hall–Kier alpha value is -1.30. The highest BCUT2D eigenvalue weighted by molar-refractivity contribution is 6.07. The van der Waals surface area contributed by atoms with E-state index in [1.807, 2.05) is 0 Å². The minimum absolute atomic E-state index is 0.0354. The Morgan fingerprint density at radius 1 is 1.24 bits per heavy atom. The number of oxime groups is 1. The fourth-order valence-corrected chi connectivity index (χ4v) is 4.35. The zero-order valence-electron chi connectivity index (χ0n) is 12.6. The number of carbonyl (C=O) groups excluding carboxylic acids is 1. The van der Waals surface area contributed by atoms with Crippen molar-refractivity contribution in [3.05, 3.63) is 0 Å². The van der Waals surface area contributed by atoms with Crippen molar-refractivity contribution in [2.24, 2.45) is 16.3 Å². The second-order valence-electron chi connectivity index (χ2n) is 6.80. The van der Waals surface area contributed by atoms with Gasteiger partial charge in [0.2, 0.25) is 5.91 Å². The first-order valence-electron chi connectivity index (χ1n) is 8.19. The molecule has 1 saturated carbocycles. The number of amides is 1. The Balaban J connectivity index is 1.65. The lowest BCUT2D eigenvalue weighted by molar-refractivity contribution is -0.128. The summed E-state index contributed by atoms with van der Waals surface area (Å²) in [5, 5.41) is 15.3. The van der Waals surface area contributed by atoms with E-state index >= 15 is 0 Å². The molecule has 0 spiro atoms. The number of hydrogen-bond acceptors (Lipinski definition) is 4. The largest absolute Gasteiger partial charge is 0.409 e. The lowest BCUT2D eigenvalue weighted by Gasteiger charge is -2.37. The zero-order valence-corrected chi connectivity index (χ0v) is 12.6. The smallest absolute Gasteiger partial charge is 0.234 e. The first-order valence-corrected chi connectivity index (χ1v) is 8.19. The van der Waals surface area contributed by atoms with Crippen LogP contribution in [0.25, 0.3) is 0 Å². The molecule has 2 saturated heterocycles. The summed E-state index contributed by atoms with van der Waals surface area (Å²) in [7, 11) is 0. The van der Waals surface area contributed by atoms with Gasteiger partial charge < -0.3 is 21.2 Å². The highest BCUT2D eigenvalue weighted by atomic mass is 16.4. The SMILES string of the molecule is NC(=NO)C1(C(=O)NC2CCN3CCCC3C2)CCCC1. The van der Waals surface area contributed by atoms with Gasteiger partial charge in [0.1, 0.15) is 5.41 Å². The Labute approximate surface area is 125 Å². The molecule has 3 rings (SSSR count). The predicted molar refractivity (Wildman–Crippen MR) is 80.1 cm³/mol. The summed E-state index contributed by atoms with van der Waals surface area (Å²) in [4.78, 5) is 15.3. The number of piperidine rings is 1. The number of carbonyl (C=O) groups is 1. The summed E-state index contributed by atoms with van der Waals surface area (Å²) < 4.78 is 0. The maximum absolute atomic E-state index is 12.7. The van der Waals surface area contributed by atoms with Crippen molar-refractivity contribution in [1.29, 1.82) is 0 Å². The molecule has 3 fully saturated rings. The molecule has 2 atom stereocenters. The first kappa shape index (κ1) is 14.6. The van der Waals surface area contributed by atoms with Gasteiger partial charge in [0.15, 0.2) is 5.84 Å². The van der Waals surface area contributed by atoms with Crippen molar-refractivity contribution >= 4 is 11.7 Å². The second-order valence-corrected chi connectivity index (χ2v) is 6.80. The molecular formula is C15H26N4O2. The molecule has 0 aromatic rings. The van der Waals surface area contributed by atoms with Crippen molar-refractivity contribution in [2.75, 3.05) is 13.1 Å². The third-order valence-electron chi connectivity index (χ3n) is 5.65. The third-order valence-corrected chi connectivity index (χ3v) is 5.65. The molecule has 0 aromatic heterocycles. The number of nitrogens with zero attached hydrogens (tertiary/aromatic N) is 2. The van der Waals surface area contributed by atoms with Gasteiger partial charge >= 0.3 is 0 Å². The van der Waals surface area contributed by atoms with Crippen molar-refractivity contribution in [1.82, 2.24) is 10.2 Å². The average Bonchev–Trinajstić information content (AvgIpc) is 3.15. The minimum Gasteiger partial charge on any atom is -0.409 e. The van der Waals surface area contributed by atoms with E-state index in [1.54, 1.807) is 0 Å². The Morgan fingerprint density at radius 3 is 2.71 bits per heavy atom. The lowest BCUT2D eigenvalue weighted by atomic mass is 9.83. The molecule has 2 aliphatic heterocycles. The Kier molecular flexibility index (Phi) is 4.06. The van der Waals surface area contributed by atoms with E-state index < -0.39 is 5.41 Å². The molecule has 0 radical (unpaired) electrons. The van der Waals surface area contributed by atoms with Crippen LogP contribution >= 0.6 is 0 Å². The van der Waals surface area contributed by atoms with Gasteiger partial charge in [0.05, 0.1) is 0 Å². The summed E-state index contributed by atoms with van der Waals surface area (Å²) >= 11 is 0. The van der Waals surface area contributed by atoms with Crippen LogP contribution in [0.15, 0.2) is 5.16 Å².